The lowest BCUT2D eigenvalue weighted by Crippen LogP contribution is -2.18. The van der Waals surface area contributed by atoms with Gasteiger partial charge in [-0.05, 0) is 25.3 Å². The summed E-state index contributed by atoms with van der Waals surface area (Å²) in [5.74, 6) is -1.23. The second-order valence-electron chi connectivity index (χ2n) is 4.05. The van der Waals surface area contributed by atoms with Crippen molar-refractivity contribution in [3.8, 4) is 0 Å². The van der Waals surface area contributed by atoms with Crippen LogP contribution >= 0.6 is 11.3 Å². The van der Waals surface area contributed by atoms with Crippen molar-refractivity contribution in [1.82, 2.24) is 4.98 Å². The Morgan fingerprint density at radius 2 is 2.50 bits per heavy atom. The molecule has 0 aliphatic heterocycles. The van der Waals surface area contributed by atoms with E-state index in [1.165, 1.54) is 5.38 Å². The van der Waals surface area contributed by atoms with Gasteiger partial charge in [-0.3, -0.25) is 4.79 Å². The number of anilines is 1. The largest absolute Gasteiger partial charge is 0.476 e. The van der Waals surface area contributed by atoms with Crippen LogP contribution in [0.15, 0.2) is 22.7 Å². The first-order valence-corrected chi connectivity index (χ1v) is 6.88. The fourth-order valence-corrected chi connectivity index (χ4v) is 2.34. The van der Waals surface area contributed by atoms with Crippen LogP contribution in [-0.2, 0) is 14.4 Å². The number of carboxylic acid groups (broad SMARTS) is 1. The molecule has 1 amide bonds. The van der Waals surface area contributed by atoms with Gasteiger partial charge in [0, 0.05) is 5.38 Å². The van der Waals surface area contributed by atoms with Crippen molar-refractivity contribution in [3.05, 3.63) is 23.2 Å². The van der Waals surface area contributed by atoms with E-state index in [0.29, 0.717) is 11.5 Å². The van der Waals surface area contributed by atoms with Crippen molar-refractivity contribution >= 4 is 34.6 Å². The molecule has 1 atom stereocenters. The maximum Gasteiger partial charge on any atom is 0.360 e. The van der Waals surface area contributed by atoms with Crippen LogP contribution in [0.4, 0.5) is 5.13 Å². The number of amides is 1. The molecule has 0 saturated heterocycles. The van der Waals surface area contributed by atoms with Crippen LogP contribution in [0.25, 0.3) is 0 Å². The molecule has 2 N–H and O–H groups in total. The molecule has 0 aromatic carbocycles. The number of carbonyl (C=O) groups is 2. The van der Waals surface area contributed by atoms with Gasteiger partial charge in [-0.25, -0.2) is 9.78 Å². The highest BCUT2D eigenvalue weighted by atomic mass is 32.1. The smallest absolute Gasteiger partial charge is 0.360 e. The number of thiazole rings is 1. The number of aliphatic carboxylic acids is 1. The number of carboxylic acids is 1. The Morgan fingerprint density at radius 1 is 1.65 bits per heavy atom. The molecule has 20 heavy (non-hydrogen) atoms. The van der Waals surface area contributed by atoms with Crippen LogP contribution in [-0.4, -0.2) is 34.3 Å². The van der Waals surface area contributed by atoms with Crippen molar-refractivity contribution in [1.29, 1.82) is 0 Å². The van der Waals surface area contributed by atoms with Gasteiger partial charge in [0.15, 0.2) is 5.13 Å². The van der Waals surface area contributed by atoms with E-state index in [1.807, 2.05) is 12.2 Å². The van der Waals surface area contributed by atoms with Gasteiger partial charge in [-0.15, -0.1) is 11.3 Å². The van der Waals surface area contributed by atoms with E-state index in [-0.39, 0.29) is 17.5 Å². The third-order valence-electron chi connectivity index (χ3n) is 2.62. The lowest BCUT2D eigenvalue weighted by molar-refractivity contribution is -0.129. The number of nitrogens with zero attached hydrogens (tertiary/aromatic N) is 2. The van der Waals surface area contributed by atoms with Crippen molar-refractivity contribution in [3.63, 3.8) is 0 Å². The Bertz CT molecular complexity index is 553. The van der Waals surface area contributed by atoms with Crippen molar-refractivity contribution in [2.24, 2.45) is 5.16 Å². The Labute approximate surface area is 119 Å². The summed E-state index contributed by atoms with van der Waals surface area (Å²) >= 11 is 1.11. The molecular formula is C12H13N3O4S. The predicted octanol–water partition coefficient (Wildman–Crippen LogP) is 1.63. The first-order valence-electron chi connectivity index (χ1n) is 6.00. The number of hydrogen-bond acceptors (Lipinski definition) is 6. The third kappa shape index (κ3) is 3.64. The summed E-state index contributed by atoms with van der Waals surface area (Å²) in [5.41, 5.74) is -0.120. The maximum absolute atomic E-state index is 11.2. The monoisotopic (exact) mass is 295 g/mol. The summed E-state index contributed by atoms with van der Waals surface area (Å²) < 4.78 is 0. The highest BCUT2D eigenvalue weighted by Gasteiger charge is 2.19. The van der Waals surface area contributed by atoms with Crippen LogP contribution in [0.2, 0.25) is 0 Å². The standard InChI is InChI=1S/C12H13N3O4S/c16-7-13-12-14-9(6-20-12)10(11(17)18)15-19-8-4-2-1-3-5-8/h2,4,6-8H,1,3,5H2,(H,17,18)(H,13,14,16). The van der Waals surface area contributed by atoms with Gasteiger partial charge in [0.1, 0.15) is 11.8 Å². The molecule has 1 aliphatic rings. The molecule has 1 heterocycles. The van der Waals surface area contributed by atoms with E-state index in [4.69, 9.17) is 9.94 Å². The van der Waals surface area contributed by atoms with Crippen molar-refractivity contribution in [2.45, 2.75) is 25.4 Å². The number of hydrogen-bond donors (Lipinski definition) is 2. The summed E-state index contributed by atoms with van der Waals surface area (Å²) in [6.07, 6.45) is 6.92. The van der Waals surface area contributed by atoms with E-state index in [0.717, 1.165) is 30.6 Å². The molecule has 0 fully saturated rings. The first-order chi connectivity index (χ1) is 9.70. The molecule has 1 aromatic rings. The Morgan fingerprint density at radius 3 is 3.15 bits per heavy atom. The number of carbonyl (C=O) groups excluding carboxylic acids is 1. The minimum absolute atomic E-state index is 0.159. The summed E-state index contributed by atoms with van der Waals surface area (Å²) in [6.45, 7) is 0. The summed E-state index contributed by atoms with van der Waals surface area (Å²) in [6, 6.07) is 0. The first kappa shape index (κ1) is 14.2. The van der Waals surface area contributed by atoms with Crippen LogP contribution in [0.5, 0.6) is 0 Å². The zero-order chi connectivity index (χ0) is 14.4. The molecule has 0 saturated carbocycles. The Kier molecular flexibility index (Phi) is 4.83. The predicted molar refractivity (Wildman–Crippen MR) is 73.8 cm³/mol. The van der Waals surface area contributed by atoms with E-state index in [1.54, 1.807) is 0 Å². The topological polar surface area (TPSA) is 101 Å². The highest BCUT2D eigenvalue weighted by molar-refractivity contribution is 7.14. The molecule has 1 aliphatic carbocycles. The van der Waals surface area contributed by atoms with Crippen molar-refractivity contribution in [2.75, 3.05) is 5.32 Å². The zero-order valence-corrected chi connectivity index (χ0v) is 11.3. The lowest BCUT2D eigenvalue weighted by Gasteiger charge is -2.14. The van der Waals surface area contributed by atoms with Crippen LogP contribution in [0.1, 0.15) is 25.0 Å². The van der Waals surface area contributed by atoms with Gasteiger partial charge in [0.2, 0.25) is 12.1 Å². The third-order valence-corrected chi connectivity index (χ3v) is 3.39. The fourth-order valence-electron chi connectivity index (χ4n) is 1.68. The molecule has 0 radical (unpaired) electrons. The SMILES string of the molecule is O=CNc1nc(C(=NOC2C=CCCC2)C(=O)O)cs1. The van der Waals surface area contributed by atoms with Gasteiger partial charge in [-0.2, -0.15) is 0 Å². The van der Waals surface area contributed by atoms with Crippen molar-refractivity contribution < 1.29 is 19.5 Å². The molecule has 1 aromatic heterocycles. The summed E-state index contributed by atoms with van der Waals surface area (Å²) in [5, 5.41) is 17.0. The highest BCUT2D eigenvalue weighted by Crippen LogP contribution is 2.17. The molecule has 106 valence electrons. The fraction of sp³-hybridized carbons (Fsp3) is 0.333. The number of aromatic nitrogens is 1. The Hall–Kier alpha value is -2.22. The van der Waals surface area contributed by atoms with E-state index in [2.05, 4.69) is 15.5 Å². The normalized spacial score (nSPS) is 18.6. The van der Waals surface area contributed by atoms with Crippen LogP contribution in [0.3, 0.4) is 0 Å². The molecule has 7 nitrogen and oxygen atoms in total. The number of oxime groups is 1. The van der Waals surface area contributed by atoms with Crippen LogP contribution in [0, 0.1) is 0 Å². The average Bonchev–Trinajstić information content (AvgIpc) is 2.89. The van der Waals surface area contributed by atoms with Gasteiger partial charge in [0.25, 0.3) is 0 Å². The summed E-state index contributed by atoms with van der Waals surface area (Å²) in [7, 11) is 0. The second-order valence-corrected chi connectivity index (χ2v) is 4.91. The molecule has 1 unspecified atom stereocenters. The number of rotatable bonds is 6. The minimum atomic E-state index is -1.23. The zero-order valence-electron chi connectivity index (χ0n) is 10.5. The quantitative estimate of drug-likeness (QED) is 0.359. The Balaban J connectivity index is 2.12. The molecule has 0 bridgehead atoms. The van der Waals surface area contributed by atoms with Gasteiger partial charge in [-0.1, -0.05) is 11.2 Å². The average molecular weight is 295 g/mol. The molecule has 8 heteroatoms. The molecular weight excluding hydrogens is 282 g/mol. The molecule has 2 rings (SSSR count). The van der Waals surface area contributed by atoms with Gasteiger partial charge < -0.3 is 15.3 Å². The van der Waals surface area contributed by atoms with E-state index < -0.39 is 5.97 Å². The molecule has 0 spiro atoms. The number of allylic oxidation sites excluding steroid dienone is 1. The lowest BCUT2D eigenvalue weighted by atomic mass is 10.1. The minimum Gasteiger partial charge on any atom is -0.476 e. The van der Waals surface area contributed by atoms with Crippen LogP contribution < -0.4 is 5.32 Å². The van der Waals surface area contributed by atoms with Gasteiger partial charge in [0.05, 0.1) is 0 Å². The maximum atomic E-state index is 11.2. The summed E-state index contributed by atoms with van der Waals surface area (Å²) in [4.78, 5) is 30.7. The number of nitrogens with one attached hydrogen (secondary N) is 1. The second kappa shape index (κ2) is 6.80. The van der Waals surface area contributed by atoms with E-state index >= 15 is 0 Å². The van der Waals surface area contributed by atoms with E-state index in [9.17, 15) is 9.59 Å². The van der Waals surface area contributed by atoms with Gasteiger partial charge >= 0.3 is 5.97 Å².